The number of aromatic hydroxyl groups is 1. The predicted molar refractivity (Wildman–Crippen MR) is 101 cm³/mol. The molecule has 2 aromatic heterocycles. The summed E-state index contributed by atoms with van der Waals surface area (Å²) in [7, 11) is 0. The van der Waals surface area contributed by atoms with E-state index in [-0.39, 0.29) is 22.8 Å². The lowest BCUT2D eigenvalue weighted by Crippen LogP contribution is -2.11. The molecule has 0 unspecified atom stereocenters. The third-order valence-corrected chi connectivity index (χ3v) is 4.09. The molecule has 2 N–H and O–H groups in total. The van der Waals surface area contributed by atoms with Gasteiger partial charge in [-0.05, 0) is 37.3 Å². The number of hydrogen-bond donors (Lipinski definition) is 2. The quantitative estimate of drug-likeness (QED) is 0.519. The number of aromatic nitrogens is 2. The van der Waals surface area contributed by atoms with Gasteiger partial charge >= 0.3 is 6.18 Å². The van der Waals surface area contributed by atoms with E-state index in [1.807, 2.05) is 0 Å². The molecule has 0 aliphatic rings. The zero-order chi connectivity index (χ0) is 20.3. The Kier molecular flexibility index (Phi) is 5.26. The average molecular weight is 386 g/mol. The normalized spacial score (nSPS) is 13.0. The van der Waals surface area contributed by atoms with Crippen molar-refractivity contribution < 1.29 is 22.7 Å². The van der Waals surface area contributed by atoms with E-state index in [0.29, 0.717) is 17.1 Å². The minimum absolute atomic E-state index is 0.0515. The molecule has 4 nitrogen and oxygen atoms in total. The molecule has 144 valence electrons. The van der Waals surface area contributed by atoms with E-state index < -0.39 is 11.7 Å². The molecule has 0 saturated carbocycles. The van der Waals surface area contributed by atoms with Crippen LogP contribution in [-0.4, -0.2) is 21.3 Å². The minimum Gasteiger partial charge on any atom is -0.507 e. The summed E-state index contributed by atoms with van der Waals surface area (Å²) >= 11 is 0. The van der Waals surface area contributed by atoms with Crippen molar-refractivity contribution in [3.8, 4) is 28.6 Å². The monoisotopic (exact) mass is 386 g/mol. The molecule has 1 aromatic carbocycles. The molecule has 7 heteroatoms. The Labute approximate surface area is 159 Å². The lowest BCUT2D eigenvalue weighted by molar-refractivity contribution is -0.0877. The van der Waals surface area contributed by atoms with Crippen molar-refractivity contribution in [3.63, 3.8) is 0 Å². The Balaban J connectivity index is 1.96. The number of nitrogens with one attached hydrogen (secondary N) is 1. The van der Waals surface area contributed by atoms with Crippen LogP contribution < -0.4 is 0 Å². The number of hydrogen-bond acceptors (Lipinski definition) is 3. The number of halogens is 3. The first-order valence-electron chi connectivity index (χ1n) is 8.32. The molecular weight excluding hydrogens is 369 g/mol. The smallest absolute Gasteiger partial charge is 0.416 e. The molecule has 0 bridgehead atoms. The highest BCUT2D eigenvalue weighted by molar-refractivity contribution is 5.70. The SMILES string of the molecule is C=C/C=C\C(=C(/C)c1ccc(-c2ncc(-c3ccccc3O)[nH]2)o1)C(F)(F)F. The molecule has 3 rings (SSSR count). The van der Waals surface area contributed by atoms with E-state index in [9.17, 15) is 18.3 Å². The molecular formula is C21H17F3N2O2. The van der Waals surface area contributed by atoms with Crippen molar-refractivity contribution in [3.05, 3.63) is 78.7 Å². The van der Waals surface area contributed by atoms with Gasteiger partial charge in [0.1, 0.15) is 11.5 Å². The van der Waals surface area contributed by atoms with Crippen LogP contribution in [0.4, 0.5) is 13.2 Å². The second-order valence-electron chi connectivity index (χ2n) is 5.96. The molecule has 0 aliphatic heterocycles. The van der Waals surface area contributed by atoms with Gasteiger partial charge in [-0.3, -0.25) is 0 Å². The van der Waals surface area contributed by atoms with Crippen LogP contribution in [0, 0.1) is 0 Å². The molecule has 2 heterocycles. The fraction of sp³-hybridized carbons (Fsp3) is 0.0952. The fourth-order valence-corrected chi connectivity index (χ4v) is 2.68. The molecule has 0 spiro atoms. The molecule has 0 atom stereocenters. The second kappa shape index (κ2) is 7.64. The highest BCUT2D eigenvalue weighted by Crippen LogP contribution is 2.35. The average Bonchev–Trinajstić information content (AvgIpc) is 3.30. The highest BCUT2D eigenvalue weighted by atomic mass is 19.4. The number of H-pyrrole nitrogens is 1. The summed E-state index contributed by atoms with van der Waals surface area (Å²) < 4.78 is 45.5. The summed E-state index contributed by atoms with van der Waals surface area (Å²) in [6.45, 7) is 4.74. The number of phenolic OH excluding ortho intramolecular Hbond substituents is 1. The Morgan fingerprint density at radius 1 is 1.21 bits per heavy atom. The maximum atomic E-state index is 13.3. The number of benzene rings is 1. The van der Waals surface area contributed by atoms with Crippen molar-refractivity contribution in [2.24, 2.45) is 0 Å². The molecule has 0 fully saturated rings. The van der Waals surface area contributed by atoms with E-state index >= 15 is 0 Å². The standard InChI is InChI=1S/C21H17F3N2O2/c1-3-4-8-15(21(22,23)24)13(2)18-10-11-19(28-18)20-25-12-16(26-20)14-7-5-6-9-17(14)27/h3-12,27H,1H2,2H3,(H,25,26)/b8-4-,15-13-. The number of nitrogens with zero attached hydrogens (tertiary/aromatic N) is 1. The second-order valence-corrected chi connectivity index (χ2v) is 5.96. The number of para-hydroxylation sites is 1. The number of alkyl halides is 3. The largest absolute Gasteiger partial charge is 0.507 e. The Morgan fingerprint density at radius 3 is 2.64 bits per heavy atom. The van der Waals surface area contributed by atoms with Crippen LogP contribution in [0.25, 0.3) is 28.4 Å². The van der Waals surface area contributed by atoms with Gasteiger partial charge in [-0.2, -0.15) is 13.2 Å². The van der Waals surface area contributed by atoms with E-state index in [1.54, 1.807) is 24.3 Å². The Bertz CT molecular complexity index is 1060. The number of imidazole rings is 1. The summed E-state index contributed by atoms with van der Waals surface area (Å²) in [6.07, 6.45) is 0.438. The summed E-state index contributed by atoms with van der Waals surface area (Å²) in [5.41, 5.74) is 0.244. The van der Waals surface area contributed by atoms with Crippen molar-refractivity contribution in [1.29, 1.82) is 0 Å². The van der Waals surface area contributed by atoms with Gasteiger partial charge in [-0.1, -0.05) is 30.9 Å². The van der Waals surface area contributed by atoms with Gasteiger partial charge in [0.05, 0.1) is 17.5 Å². The van der Waals surface area contributed by atoms with Crippen LogP contribution in [0.15, 0.2) is 77.4 Å². The van der Waals surface area contributed by atoms with Crippen LogP contribution in [0.1, 0.15) is 12.7 Å². The van der Waals surface area contributed by atoms with Crippen LogP contribution in [0.3, 0.4) is 0 Å². The number of rotatable bonds is 5. The van der Waals surface area contributed by atoms with Gasteiger partial charge in [0.15, 0.2) is 11.6 Å². The topological polar surface area (TPSA) is 62.1 Å². The Hall–Kier alpha value is -3.48. The number of furan rings is 1. The Morgan fingerprint density at radius 2 is 1.96 bits per heavy atom. The molecule has 0 amide bonds. The summed E-state index contributed by atoms with van der Waals surface area (Å²) in [5.74, 6) is 0.787. The van der Waals surface area contributed by atoms with Crippen molar-refractivity contribution in [2.45, 2.75) is 13.1 Å². The first kappa shape index (κ1) is 19.3. The minimum atomic E-state index is -4.53. The van der Waals surface area contributed by atoms with Crippen molar-refractivity contribution >= 4 is 5.57 Å². The van der Waals surface area contributed by atoms with Gasteiger partial charge in [0.25, 0.3) is 0 Å². The van der Waals surface area contributed by atoms with Crippen LogP contribution in [0.2, 0.25) is 0 Å². The number of phenols is 1. The molecule has 28 heavy (non-hydrogen) atoms. The summed E-state index contributed by atoms with van der Waals surface area (Å²) in [6, 6.07) is 9.73. The predicted octanol–water partition coefficient (Wildman–Crippen LogP) is 6.12. The van der Waals surface area contributed by atoms with Gasteiger partial charge in [-0.25, -0.2) is 4.98 Å². The van der Waals surface area contributed by atoms with Gasteiger partial charge in [0, 0.05) is 11.1 Å². The molecule has 0 saturated heterocycles. The zero-order valence-corrected chi connectivity index (χ0v) is 14.9. The lowest BCUT2D eigenvalue weighted by Gasteiger charge is -2.10. The summed E-state index contributed by atoms with van der Waals surface area (Å²) in [5, 5.41) is 9.93. The van der Waals surface area contributed by atoms with E-state index in [4.69, 9.17) is 4.42 Å². The van der Waals surface area contributed by atoms with E-state index in [0.717, 1.165) is 6.08 Å². The molecule has 0 aliphatic carbocycles. The number of aromatic amines is 1. The van der Waals surface area contributed by atoms with Crippen molar-refractivity contribution in [2.75, 3.05) is 0 Å². The van der Waals surface area contributed by atoms with E-state index in [2.05, 4.69) is 16.5 Å². The fourth-order valence-electron chi connectivity index (χ4n) is 2.68. The van der Waals surface area contributed by atoms with Crippen LogP contribution in [0.5, 0.6) is 5.75 Å². The van der Waals surface area contributed by atoms with E-state index in [1.165, 1.54) is 37.4 Å². The van der Waals surface area contributed by atoms with Gasteiger partial charge in [-0.15, -0.1) is 0 Å². The summed E-state index contributed by atoms with van der Waals surface area (Å²) in [4.78, 5) is 7.20. The highest BCUT2D eigenvalue weighted by Gasteiger charge is 2.34. The first-order valence-corrected chi connectivity index (χ1v) is 8.32. The first-order chi connectivity index (χ1) is 13.3. The zero-order valence-electron chi connectivity index (χ0n) is 14.9. The lowest BCUT2D eigenvalue weighted by atomic mass is 10.1. The molecule has 3 aromatic rings. The molecule has 0 radical (unpaired) electrons. The number of allylic oxidation sites excluding steroid dienone is 5. The van der Waals surface area contributed by atoms with Crippen LogP contribution in [-0.2, 0) is 0 Å². The maximum Gasteiger partial charge on any atom is 0.416 e. The third kappa shape index (κ3) is 3.93. The van der Waals surface area contributed by atoms with Gasteiger partial charge < -0.3 is 14.5 Å². The van der Waals surface area contributed by atoms with Crippen LogP contribution >= 0.6 is 0 Å². The maximum absolute atomic E-state index is 13.3. The van der Waals surface area contributed by atoms with Gasteiger partial charge in [0.2, 0.25) is 0 Å². The third-order valence-electron chi connectivity index (χ3n) is 4.09. The van der Waals surface area contributed by atoms with Crippen molar-refractivity contribution in [1.82, 2.24) is 9.97 Å².